The van der Waals surface area contributed by atoms with Gasteiger partial charge in [0, 0.05) is 5.92 Å². The molecule has 3 aromatic rings. The van der Waals surface area contributed by atoms with E-state index in [1.54, 1.807) is 10.9 Å². The van der Waals surface area contributed by atoms with Crippen molar-refractivity contribution >= 4 is 11.0 Å². The Hall–Kier alpha value is -2.43. The first-order valence-corrected chi connectivity index (χ1v) is 6.19. The van der Waals surface area contributed by atoms with Crippen LogP contribution in [0.25, 0.3) is 16.7 Å². The number of fused-ring (bicyclic) bond motifs is 1. The monoisotopic (exact) mass is 254 g/mol. The molecular formula is C14H14N4O. The van der Waals surface area contributed by atoms with Gasteiger partial charge in [0.2, 0.25) is 0 Å². The molecule has 0 N–H and O–H groups in total. The average Bonchev–Trinajstić information content (AvgIpc) is 2.82. The summed E-state index contributed by atoms with van der Waals surface area (Å²) in [5, 5.41) is 17.0. The normalized spacial score (nSPS) is 11.3. The minimum atomic E-state index is 0.122. The minimum absolute atomic E-state index is 0.122. The summed E-state index contributed by atoms with van der Waals surface area (Å²) in [5.41, 5.74) is 2.34. The second-order valence-electron chi connectivity index (χ2n) is 4.74. The first-order chi connectivity index (χ1) is 9.18. The summed E-state index contributed by atoms with van der Waals surface area (Å²) in [7, 11) is 0. The van der Waals surface area contributed by atoms with Crippen LogP contribution in [-0.2, 0) is 0 Å². The van der Waals surface area contributed by atoms with Crippen molar-refractivity contribution in [2.45, 2.75) is 19.8 Å². The first kappa shape index (κ1) is 11.6. The standard InChI is InChI=1S/C14H14N4O/c1-10(2)13-12-8-16-18(11-6-4-3-5-7-11)14(12)15-9-17(13)19/h3-10H,1-2H3. The van der Waals surface area contributed by atoms with Crippen LogP contribution in [0.4, 0.5) is 0 Å². The Kier molecular flexibility index (Phi) is 2.67. The summed E-state index contributed by atoms with van der Waals surface area (Å²) in [4.78, 5) is 4.21. The number of hydrogen-bond acceptors (Lipinski definition) is 3. The van der Waals surface area contributed by atoms with Crippen LogP contribution in [-0.4, -0.2) is 14.8 Å². The number of aromatic nitrogens is 4. The molecule has 0 saturated heterocycles. The van der Waals surface area contributed by atoms with E-state index in [1.165, 1.54) is 6.33 Å². The predicted octanol–water partition coefficient (Wildman–Crippen LogP) is 2.18. The molecule has 0 aliphatic heterocycles. The molecule has 0 fully saturated rings. The molecule has 2 heterocycles. The fourth-order valence-electron chi connectivity index (χ4n) is 2.26. The molecule has 5 heteroatoms. The summed E-state index contributed by atoms with van der Waals surface area (Å²) < 4.78 is 2.57. The molecule has 0 spiro atoms. The van der Waals surface area contributed by atoms with Crippen LogP contribution in [0.3, 0.4) is 0 Å². The molecule has 0 bridgehead atoms. The summed E-state index contributed by atoms with van der Waals surface area (Å²) in [5.74, 6) is 0.122. The third kappa shape index (κ3) is 1.83. The van der Waals surface area contributed by atoms with Crippen LogP contribution in [0, 0.1) is 5.21 Å². The SMILES string of the molecule is CC(C)c1c2cnn(-c3ccccc3)c2nc[n+]1[O-]. The van der Waals surface area contributed by atoms with Crippen LogP contribution in [0.5, 0.6) is 0 Å². The number of nitrogens with zero attached hydrogens (tertiary/aromatic N) is 4. The smallest absolute Gasteiger partial charge is 0.292 e. The summed E-state index contributed by atoms with van der Waals surface area (Å²) in [6.07, 6.45) is 3.01. The van der Waals surface area contributed by atoms with Gasteiger partial charge in [-0.05, 0) is 17.1 Å². The van der Waals surface area contributed by atoms with E-state index in [-0.39, 0.29) is 5.92 Å². The van der Waals surface area contributed by atoms with Gasteiger partial charge < -0.3 is 5.21 Å². The van der Waals surface area contributed by atoms with Crippen molar-refractivity contribution < 1.29 is 4.73 Å². The van der Waals surface area contributed by atoms with Gasteiger partial charge in [-0.15, -0.1) is 0 Å². The lowest BCUT2D eigenvalue weighted by atomic mass is 10.1. The Morgan fingerprint density at radius 2 is 1.95 bits per heavy atom. The topological polar surface area (TPSA) is 57.7 Å². The van der Waals surface area contributed by atoms with E-state index in [2.05, 4.69) is 10.1 Å². The molecule has 0 aliphatic rings. The van der Waals surface area contributed by atoms with Crippen LogP contribution in [0.15, 0.2) is 42.9 Å². The van der Waals surface area contributed by atoms with Crippen LogP contribution in [0.1, 0.15) is 25.5 Å². The van der Waals surface area contributed by atoms with Gasteiger partial charge in [-0.1, -0.05) is 32.0 Å². The molecule has 0 amide bonds. The largest absolute Gasteiger partial charge is 0.711 e. The second-order valence-corrected chi connectivity index (χ2v) is 4.74. The lowest BCUT2D eigenvalue weighted by molar-refractivity contribution is -0.616. The van der Waals surface area contributed by atoms with E-state index in [0.717, 1.165) is 15.8 Å². The Morgan fingerprint density at radius 3 is 2.63 bits per heavy atom. The van der Waals surface area contributed by atoms with Crippen molar-refractivity contribution in [3.63, 3.8) is 0 Å². The maximum Gasteiger partial charge on any atom is 0.292 e. The lowest BCUT2D eigenvalue weighted by Crippen LogP contribution is -2.33. The average molecular weight is 254 g/mol. The van der Waals surface area contributed by atoms with Crippen LogP contribution >= 0.6 is 0 Å². The van der Waals surface area contributed by atoms with Gasteiger partial charge in [0.25, 0.3) is 12.0 Å². The number of para-hydroxylation sites is 1. The second kappa shape index (κ2) is 4.35. The maximum absolute atomic E-state index is 11.8. The van der Waals surface area contributed by atoms with Gasteiger partial charge in [-0.2, -0.15) is 9.78 Å². The van der Waals surface area contributed by atoms with Crippen LogP contribution < -0.4 is 4.73 Å². The van der Waals surface area contributed by atoms with E-state index in [0.29, 0.717) is 11.3 Å². The number of hydrogen-bond donors (Lipinski definition) is 0. The Labute approximate surface area is 110 Å². The van der Waals surface area contributed by atoms with Gasteiger partial charge >= 0.3 is 0 Å². The highest BCUT2D eigenvalue weighted by Gasteiger charge is 2.19. The van der Waals surface area contributed by atoms with E-state index in [4.69, 9.17) is 0 Å². The van der Waals surface area contributed by atoms with Crippen molar-refractivity contribution in [3.8, 4) is 5.69 Å². The fourth-order valence-corrected chi connectivity index (χ4v) is 2.26. The maximum atomic E-state index is 11.8. The fraction of sp³-hybridized carbons (Fsp3) is 0.214. The van der Waals surface area contributed by atoms with Crippen molar-refractivity contribution in [1.82, 2.24) is 14.8 Å². The molecular weight excluding hydrogens is 240 g/mol. The van der Waals surface area contributed by atoms with E-state index in [1.807, 2.05) is 44.2 Å². The zero-order valence-corrected chi connectivity index (χ0v) is 10.8. The highest BCUT2D eigenvalue weighted by Crippen LogP contribution is 2.22. The molecule has 0 saturated carbocycles. The quantitative estimate of drug-likeness (QED) is 0.520. The van der Waals surface area contributed by atoms with Crippen molar-refractivity contribution in [2.75, 3.05) is 0 Å². The van der Waals surface area contributed by atoms with Gasteiger partial charge in [0.05, 0.1) is 11.9 Å². The Balaban J connectivity index is 2.29. The zero-order chi connectivity index (χ0) is 13.4. The third-order valence-electron chi connectivity index (χ3n) is 3.09. The number of benzene rings is 1. The highest BCUT2D eigenvalue weighted by molar-refractivity contribution is 5.78. The third-order valence-corrected chi connectivity index (χ3v) is 3.09. The van der Waals surface area contributed by atoms with E-state index >= 15 is 0 Å². The molecule has 0 aliphatic carbocycles. The molecule has 0 unspecified atom stereocenters. The Bertz CT molecular complexity index is 719. The van der Waals surface area contributed by atoms with Crippen molar-refractivity contribution in [3.05, 3.63) is 53.8 Å². The molecule has 5 nitrogen and oxygen atoms in total. The molecule has 0 atom stereocenters. The predicted molar refractivity (Wildman–Crippen MR) is 71.9 cm³/mol. The van der Waals surface area contributed by atoms with Crippen molar-refractivity contribution in [1.29, 1.82) is 0 Å². The molecule has 0 radical (unpaired) electrons. The number of rotatable bonds is 2. The van der Waals surface area contributed by atoms with E-state index < -0.39 is 0 Å². The van der Waals surface area contributed by atoms with Gasteiger partial charge in [0.15, 0.2) is 0 Å². The molecule has 96 valence electrons. The summed E-state index contributed by atoms with van der Waals surface area (Å²) >= 11 is 0. The summed E-state index contributed by atoms with van der Waals surface area (Å²) in [6.45, 7) is 3.98. The zero-order valence-electron chi connectivity index (χ0n) is 10.8. The van der Waals surface area contributed by atoms with Crippen molar-refractivity contribution in [2.24, 2.45) is 0 Å². The minimum Gasteiger partial charge on any atom is -0.711 e. The Morgan fingerprint density at radius 1 is 1.21 bits per heavy atom. The molecule has 3 rings (SSSR count). The lowest BCUT2D eigenvalue weighted by Gasteiger charge is -2.11. The molecule has 19 heavy (non-hydrogen) atoms. The van der Waals surface area contributed by atoms with Gasteiger partial charge in [0.1, 0.15) is 11.1 Å². The van der Waals surface area contributed by atoms with Gasteiger partial charge in [-0.3, -0.25) is 0 Å². The highest BCUT2D eigenvalue weighted by atomic mass is 16.5. The summed E-state index contributed by atoms with van der Waals surface area (Å²) in [6, 6.07) is 9.77. The molecule has 2 aromatic heterocycles. The van der Waals surface area contributed by atoms with Crippen LogP contribution in [0.2, 0.25) is 0 Å². The first-order valence-electron chi connectivity index (χ1n) is 6.19. The van der Waals surface area contributed by atoms with Gasteiger partial charge in [-0.25, -0.2) is 4.73 Å². The molecule has 1 aromatic carbocycles. The van der Waals surface area contributed by atoms with E-state index in [9.17, 15) is 5.21 Å².